The molecule has 0 radical (unpaired) electrons. The molecule has 1 aliphatic heterocycles. The molecule has 0 aliphatic carbocycles. The third kappa shape index (κ3) is 3.76. The molecule has 0 unspecified atom stereocenters. The van der Waals surface area contributed by atoms with Gasteiger partial charge in [0.25, 0.3) is 5.56 Å². The quantitative estimate of drug-likeness (QED) is 0.932. The summed E-state index contributed by atoms with van der Waals surface area (Å²) in [5.74, 6) is 1.66. The van der Waals surface area contributed by atoms with Crippen LogP contribution in [0.1, 0.15) is 49.0 Å². The summed E-state index contributed by atoms with van der Waals surface area (Å²) in [5, 5.41) is 0. The van der Waals surface area contributed by atoms with Gasteiger partial charge in [0.2, 0.25) is 0 Å². The number of aryl methyl sites for hydroxylation is 1. The Kier molecular flexibility index (Phi) is 4.69. The molecule has 0 amide bonds. The van der Waals surface area contributed by atoms with Crippen LogP contribution < -0.4 is 10.3 Å². The van der Waals surface area contributed by atoms with E-state index in [0.717, 1.165) is 29.4 Å². The van der Waals surface area contributed by atoms with E-state index in [1.807, 2.05) is 12.1 Å². The molecule has 1 aromatic heterocycles. The summed E-state index contributed by atoms with van der Waals surface area (Å²) in [5.41, 5.74) is 3.92. The second-order valence-corrected chi connectivity index (χ2v) is 7.86. The first-order valence-electron chi connectivity index (χ1n) is 8.79. The molecule has 0 saturated heterocycles. The second-order valence-electron chi connectivity index (χ2n) is 7.86. The van der Waals surface area contributed by atoms with Gasteiger partial charge in [0.15, 0.2) is 0 Å². The molecule has 0 saturated carbocycles. The minimum absolute atomic E-state index is 0.00465. The maximum atomic E-state index is 12.4. The summed E-state index contributed by atoms with van der Waals surface area (Å²) in [6, 6.07) is 6.10. The van der Waals surface area contributed by atoms with Gasteiger partial charge in [-0.15, -0.1) is 0 Å². The molecule has 2 aromatic rings. The van der Waals surface area contributed by atoms with Crippen molar-refractivity contribution in [3.63, 3.8) is 0 Å². The van der Waals surface area contributed by atoms with Gasteiger partial charge >= 0.3 is 0 Å². The highest BCUT2D eigenvalue weighted by atomic mass is 16.5. The second kappa shape index (κ2) is 6.64. The summed E-state index contributed by atoms with van der Waals surface area (Å²) in [4.78, 5) is 22.2. The maximum Gasteiger partial charge on any atom is 0.254 e. The third-order valence-corrected chi connectivity index (χ3v) is 4.82. The number of fused-ring (bicyclic) bond motifs is 1. The number of hydrogen-bond donors (Lipinski definition) is 1. The van der Waals surface area contributed by atoms with Crippen molar-refractivity contribution in [2.24, 2.45) is 0 Å². The normalized spacial score (nSPS) is 15.1. The van der Waals surface area contributed by atoms with Crippen molar-refractivity contribution < 1.29 is 4.74 Å². The number of nitrogens with one attached hydrogen (secondary N) is 1. The zero-order chi connectivity index (χ0) is 18.2. The lowest BCUT2D eigenvalue weighted by Gasteiger charge is -2.29. The van der Waals surface area contributed by atoms with Gasteiger partial charge in [-0.05, 0) is 37.5 Å². The molecule has 1 aromatic carbocycles. The number of nitrogens with zero attached hydrogens (tertiary/aromatic N) is 2. The third-order valence-electron chi connectivity index (χ3n) is 4.82. The lowest BCUT2D eigenvalue weighted by atomic mass is 9.95. The van der Waals surface area contributed by atoms with Crippen LogP contribution in [0, 0.1) is 13.8 Å². The van der Waals surface area contributed by atoms with Crippen LogP contribution in [-0.4, -0.2) is 28.1 Å². The largest absolute Gasteiger partial charge is 0.478 e. The van der Waals surface area contributed by atoms with Gasteiger partial charge in [-0.1, -0.05) is 32.9 Å². The van der Waals surface area contributed by atoms with Crippen LogP contribution in [0.3, 0.4) is 0 Å². The van der Waals surface area contributed by atoms with E-state index < -0.39 is 0 Å². The lowest BCUT2D eigenvalue weighted by Crippen LogP contribution is -2.38. The Morgan fingerprint density at radius 3 is 2.76 bits per heavy atom. The number of aromatic amines is 1. The van der Waals surface area contributed by atoms with Gasteiger partial charge in [-0.25, -0.2) is 4.98 Å². The van der Waals surface area contributed by atoms with Crippen LogP contribution in [0.5, 0.6) is 5.75 Å². The predicted octanol–water partition coefficient (Wildman–Crippen LogP) is 3.08. The summed E-state index contributed by atoms with van der Waals surface area (Å²) < 4.78 is 6.01. The zero-order valence-electron chi connectivity index (χ0n) is 15.8. The fourth-order valence-corrected chi connectivity index (χ4v) is 3.00. The molecule has 134 valence electrons. The molecule has 1 aliphatic rings. The summed E-state index contributed by atoms with van der Waals surface area (Å²) >= 11 is 0. The number of benzene rings is 1. The van der Waals surface area contributed by atoms with E-state index in [4.69, 9.17) is 9.72 Å². The summed E-state index contributed by atoms with van der Waals surface area (Å²) in [7, 11) is 0. The Labute approximate surface area is 149 Å². The van der Waals surface area contributed by atoms with Crippen LogP contribution in [0.2, 0.25) is 0 Å². The van der Waals surface area contributed by atoms with Gasteiger partial charge in [-0.3, -0.25) is 9.69 Å². The molecule has 3 rings (SSSR count). The van der Waals surface area contributed by atoms with Gasteiger partial charge in [0.1, 0.15) is 18.3 Å². The highest BCUT2D eigenvalue weighted by Gasteiger charge is 2.25. The first kappa shape index (κ1) is 17.7. The van der Waals surface area contributed by atoms with Crippen molar-refractivity contribution in [1.82, 2.24) is 14.9 Å². The van der Waals surface area contributed by atoms with Crippen LogP contribution in [0.25, 0.3) is 0 Å². The highest BCUT2D eigenvalue weighted by molar-refractivity contribution is 5.38. The minimum atomic E-state index is -0.175. The van der Waals surface area contributed by atoms with E-state index in [-0.39, 0.29) is 11.0 Å². The highest BCUT2D eigenvalue weighted by Crippen LogP contribution is 2.23. The van der Waals surface area contributed by atoms with Gasteiger partial charge < -0.3 is 9.72 Å². The van der Waals surface area contributed by atoms with Gasteiger partial charge in [0.05, 0.1) is 5.69 Å². The Bertz CT molecular complexity index is 834. The molecule has 1 N–H and O–H groups in total. The van der Waals surface area contributed by atoms with Crippen LogP contribution in [0.4, 0.5) is 0 Å². The fraction of sp³-hybridized carbons (Fsp3) is 0.500. The Morgan fingerprint density at radius 2 is 2.04 bits per heavy atom. The van der Waals surface area contributed by atoms with Crippen molar-refractivity contribution >= 4 is 0 Å². The number of ether oxygens (including phenoxy) is 1. The molecule has 0 atom stereocenters. The first-order chi connectivity index (χ1) is 11.8. The molecule has 0 spiro atoms. The molecule has 5 heteroatoms. The average molecular weight is 341 g/mol. The SMILES string of the molecule is Cc1cccc(OCN2CCc3c(nc(C(C)(C)C)[nH]c3=O)C2)c1C. The molecular formula is C20H27N3O2. The Hall–Kier alpha value is -2.14. The van der Waals surface area contributed by atoms with Crippen molar-refractivity contribution in [2.75, 3.05) is 13.3 Å². The number of H-pyrrole nitrogens is 1. The van der Waals surface area contributed by atoms with Crippen molar-refractivity contribution in [3.8, 4) is 5.75 Å². The molecule has 25 heavy (non-hydrogen) atoms. The van der Waals surface area contributed by atoms with E-state index in [0.29, 0.717) is 19.7 Å². The van der Waals surface area contributed by atoms with Crippen molar-refractivity contribution in [1.29, 1.82) is 0 Å². The molecular weight excluding hydrogens is 314 g/mol. The number of rotatable bonds is 3. The Morgan fingerprint density at radius 1 is 1.28 bits per heavy atom. The van der Waals surface area contributed by atoms with Crippen LogP contribution in [0.15, 0.2) is 23.0 Å². The standard InChI is InChI=1S/C20H27N3O2/c1-13-7-6-8-17(14(13)2)25-12-23-10-9-15-16(11-23)21-19(20(3,4)5)22-18(15)24/h6-8H,9-12H2,1-5H3,(H,21,22,24). The summed E-state index contributed by atoms with van der Waals surface area (Å²) in [6.07, 6.45) is 0.707. The summed E-state index contributed by atoms with van der Waals surface area (Å²) in [6.45, 7) is 12.3. The van der Waals surface area contributed by atoms with Crippen LogP contribution >= 0.6 is 0 Å². The predicted molar refractivity (Wildman–Crippen MR) is 99.1 cm³/mol. The van der Waals surface area contributed by atoms with Crippen molar-refractivity contribution in [3.05, 3.63) is 56.8 Å². The maximum absolute atomic E-state index is 12.4. The molecule has 0 fully saturated rings. The zero-order valence-corrected chi connectivity index (χ0v) is 15.8. The number of hydrogen-bond acceptors (Lipinski definition) is 4. The minimum Gasteiger partial charge on any atom is -0.478 e. The van der Waals surface area contributed by atoms with Crippen LogP contribution in [-0.2, 0) is 18.4 Å². The molecule has 2 heterocycles. The first-order valence-corrected chi connectivity index (χ1v) is 8.79. The van der Waals surface area contributed by atoms with Gasteiger partial charge in [0, 0.05) is 24.1 Å². The monoisotopic (exact) mass is 341 g/mol. The van der Waals surface area contributed by atoms with E-state index in [2.05, 4.69) is 50.6 Å². The number of aromatic nitrogens is 2. The topological polar surface area (TPSA) is 58.2 Å². The smallest absolute Gasteiger partial charge is 0.254 e. The van der Waals surface area contributed by atoms with Crippen molar-refractivity contribution in [2.45, 2.75) is 53.0 Å². The average Bonchev–Trinajstić information content (AvgIpc) is 2.55. The van der Waals surface area contributed by atoms with E-state index in [9.17, 15) is 4.79 Å². The van der Waals surface area contributed by atoms with E-state index in [1.54, 1.807) is 0 Å². The Balaban J connectivity index is 1.75. The van der Waals surface area contributed by atoms with E-state index in [1.165, 1.54) is 11.1 Å². The van der Waals surface area contributed by atoms with Gasteiger partial charge in [-0.2, -0.15) is 0 Å². The molecule has 5 nitrogen and oxygen atoms in total. The van der Waals surface area contributed by atoms with E-state index >= 15 is 0 Å². The lowest BCUT2D eigenvalue weighted by molar-refractivity contribution is 0.111. The fourth-order valence-electron chi connectivity index (χ4n) is 3.00. The molecule has 0 bridgehead atoms.